The largest absolute Gasteiger partial charge is 0.478 e. The Kier molecular flexibility index (Phi) is 6.10. The van der Waals surface area contributed by atoms with Gasteiger partial charge in [-0.2, -0.15) is 0 Å². The molecule has 0 saturated carbocycles. The number of hydrogen-bond donors (Lipinski definition) is 5. The number of rotatable bonds is 5. The molecule has 0 amide bonds. The molecule has 1 rings (SSSR count). The van der Waals surface area contributed by atoms with Crippen molar-refractivity contribution >= 4 is 33.3 Å². The highest BCUT2D eigenvalue weighted by molar-refractivity contribution is 7.92. The van der Waals surface area contributed by atoms with Crippen LogP contribution in [0.5, 0.6) is 0 Å². The van der Waals surface area contributed by atoms with Gasteiger partial charge >= 0.3 is 5.97 Å². The number of aromatic carboxylic acids is 1. The first-order valence-corrected chi connectivity index (χ1v) is 7.11. The van der Waals surface area contributed by atoms with Gasteiger partial charge in [-0.1, -0.05) is 0 Å². The van der Waals surface area contributed by atoms with Gasteiger partial charge in [0.1, 0.15) is 0 Å². The first-order valence-electron chi connectivity index (χ1n) is 5.22. The van der Waals surface area contributed by atoms with Gasteiger partial charge in [-0.25, -0.2) is 18.2 Å². The zero-order chi connectivity index (χ0) is 15.5. The highest BCUT2D eigenvalue weighted by Crippen LogP contribution is 2.31. The second kappa shape index (κ2) is 6.88. The number of benzene rings is 1. The molecular weight excluding hydrogens is 304 g/mol. The minimum absolute atomic E-state index is 0. The van der Waals surface area contributed by atoms with Crippen molar-refractivity contribution in [3.63, 3.8) is 0 Å². The van der Waals surface area contributed by atoms with Crippen molar-refractivity contribution in [3.05, 3.63) is 23.3 Å². The molecule has 0 aliphatic heterocycles. The number of carbonyl (C=O) groups is 1. The van der Waals surface area contributed by atoms with Gasteiger partial charge in [0.25, 0.3) is 0 Å². The number of nitrogens with one attached hydrogen (secondary N) is 1. The Bertz CT molecular complexity index is 666. The van der Waals surface area contributed by atoms with E-state index < -0.39 is 22.6 Å². The lowest BCUT2D eigenvalue weighted by Crippen LogP contribution is -2.22. The Balaban J connectivity index is 0.00000400. The van der Waals surface area contributed by atoms with Gasteiger partial charge in [-0.05, 0) is 12.1 Å². The molecule has 1 aromatic rings. The summed E-state index contributed by atoms with van der Waals surface area (Å²) in [5.41, 5.74) is 10.1. The Morgan fingerprint density at radius 3 is 2.33 bits per heavy atom. The molecule has 11 heteroatoms. The highest BCUT2D eigenvalue weighted by atomic mass is 32.2. The number of sulfonamides is 1. The number of nitrogens with zero attached hydrogens (tertiary/aromatic N) is 1. The molecule has 0 radical (unpaired) electrons. The van der Waals surface area contributed by atoms with Crippen LogP contribution in [0.25, 0.3) is 0 Å². The van der Waals surface area contributed by atoms with Crippen molar-refractivity contribution in [1.82, 2.24) is 0 Å². The monoisotopic (exact) mass is 320 g/mol. The molecular formula is C10H16N4O6S. The summed E-state index contributed by atoms with van der Waals surface area (Å²) in [6, 6.07) is 2.22. The third-order valence-electron chi connectivity index (χ3n) is 2.15. The number of aliphatic imine (C=N–C) groups is 1. The molecule has 21 heavy (non-hydrogen) atoms. The predicted octanol–water partition coefficient (Wildman–Crippen LogP) is -1.67. The maximum Gasteiger partial charge on any atom is 0.335 e. The average Bonchev–Trinajstić information content (AvgIpc) is 2.28. The van der Waals surface area contributed by atoms with E-state index in [0.717, 1.165) is 18.4 Å². The number of aliphatic hydroxyl groups excluding tert-OH is 1. The van der Waals surface area contributed by atoms with Gasteiger partial charge in [0.15, 0.2) is 5.96 Å². The van der Waals surface area contributed by atoms with E-state index in [1.165, 1.54) is 0 Å². The molecule has 9 N–H and O–H groups in total. The molecule has 0 saturated heterocycles. The van der Waals surface area contributed by atoms with Crippen molar-refractivity contribution in [2.75, 3.05) is 11.0 Å². The molecule has 0 aliphatic rings. The van der Waals surface area contributed by atoms with E-state index in [0.29, 0.717) is 0 Å². The molecule has 0 aliphatic carbocycles. The number of guanidine groups is 1. The van der Waals surface area contributed by atoms with Crippen LogP contribution in [-0.2, 0) is 16.6 Å². The molecule has 0 aromatic heterocycles. The fraction of sp³-hybridized carbons (Fsp3) is 0.200. The maximum absolute atomic E-state index is 11.3. The zero-order valence-electron chi connectivity index (χ0n) is 11.0. The fourth-order valence-electron chi connectivity index (χ4n) is 1.46. The van der Waals surface area contributed by atoms with E-state index in [2.05, 4.69) is 9.71 Å². The van der Waals surface area contributed by atoms with Crippen LogP contribution in [0.15, 0.2) is 17.1 Å². The smallest absolute Gasteiger partial charge is 0.335 e. The van der Waals surface area contributed by atoms with Gasteiger partial charge in [0, 0.05) is 5.56 Å². The van der Waals surface area contributed by atoms with Crippen molar-refractivity contribution in [2.24, 2.45) is 16.5 Å². The van der Waals surface area contributed by atoms with Crippen molar-refractivity contribution < 1.29 is 28.9 Å². The van der Waals surface area contributed by atoms with Gasteiger partial charge in [-0.3, -0.25) is 4.72 Å². The van der Waals surface area contributed by atoms with Gasteiger partial charge in [0.05, 0.1) is 29.8 Å². The molecule has 10 nitrogen and oxygen atoms in total. The standard InChI is InChI=1S/C10H14N4O5S.H2O/c1-20(18,19)14-8-6(4-15)2-5(9(16)17)3-7(8)13-10(11)12;/h2-3,14-15H,4H2,1H3,(H,16,17)(H4,11,12,13);1H2. The highest BCUT2D eigenvalue weighted by Gasteiger charge is 2.16. The van der Waals surface area contributed by atoms with Crippen LogP contribution in [-0.4, -0.2) is 42.3 Å². The summed E-state index contributed by atoms with van der Waals surface area (Å²) in [5.74, 6) is -1.65. The molecule has 0 unspecified atom stereocenters. The van der Waals surface area contributed by atoms with Gasteiger partial charge < -0.3 is 27.2 Å². The lowest BCUT2D eigenvalue weighted by Gasteiger charge is -2.13. The molecule has 1 aromatic carbocycles. The first kappa shape index (κ1) is 18.6. The average molecular weight is 320 g/mol. The quantitative estimate of drug-likeness (QED) is 0.315. The first-order chi connectivity index (χ1) is 9.14. The lowest BCUT2D eigenvalue weighted by molar-refractivity contribution is 0.0696. The SMILES string of the molecule is CS(=O)(=O)Nc1c(CO)cc(C(=O)O)cc1N=C(N)N.O. The summed E-state index contributed by atoms with van der Waals surface area (Å²) in [5, 5.41) is 18.2. The summed E-state index contributed by atoms with van der Waals surface area (Å²) < 4.78 is 24.8. The van der Waals surface area contributed by atoms with Crippen molar-refractivity contribution in [2.45, 2.75) is 6.61 Å². The summed E-state index contributed by atoms with van der Waals surface area (Å²) in [6.07, 6.45) is 0.901. The Morgan fingerprint density at radius 2 is 1.95 bits per heavy atom. The van der Waals surface area contributed by atoms with Crippen LogP contribution in [0, 0.1) is 0 Å². The normalized spacial score (nSPS) is 10.4. The van der Waals surface area contributed by atoms with E-state index >= 15 is 0 Å². The van der Waals surface area contributed by atoms with E-state index in [1.807, 2.05) is 0 Å². The number of carboxylic acids is 1. The summed E-state index contributed by atoms with van der Waals surface area (Å²) in [6.45, 7) is -0.591. The van der Waals surface area contributed by atoms with Crippen LogP contribution in [0.1, 0.15) is 15.9 Å². The second-order valence-electron chi connectivity index (χ2n) is 3.90. The maximum atomic E-state index is 11.3. The topological polar surface area (TPSA) is 200 Å². The van der Waals surface area contributed by atoms with E-state index in [-0.39, 0.29) is 33.9 Å². The van der Waals surface area contributed by atoms with Crippen LogP contribution < -0.4 is 16.2 Å². The van der Waals surface area contributed by atoms with Gasteiger partial charge in [-0.15, -0.1) is 0 Å². The van der Waals surface area contributed by atoms with Crippen LogP contribution in [0.3, 0.4) is 0 Å². The number of carboxylic acid groups (broad SMARTS) is 1. The van der Waals surface area contributed by atoms with E-state index in [9.17, 15) is 18.3 Å². The van der Waals surface area contributed by atoms with Crippen molar-refractivity contribution in [3.8, 4) is 0 Å². The van der Waals surface area contributed by atoms with E-state index in [1.54, 1.807) is 0 Å². The molecule has 0 atom stereocenters. The molecule has 0 fully saturated rings. The van der Waals surface area contributed by atoms with Crippen molar-refractivity contribution in [1.29, 1.82) is 0 Å². The second-order valence-corrected chi connectivity index (χ2v) is 5.65. The molecule has 0 bridgehead atoms. The Morgan fingerprint density at radius 1 is 1.38 bits per heavy atom. The number of anilines is 1. The number of nitrogens with two attached hydrogens (primary N) is 2. The zero-order valence-corrected chi connectivity index (χ0v) is 11.8. The van der Waals surface area contributed by atoms with Gasteiger partial charge in [0.2, 0.25) is 10.0 Å². The Hall–Kier alpha value is -2.37. The minimum Gasteiger partial charge on any atom is -0.478 e. The lowest BCUT2D eigenvalue weighted by atomic mass is 10.1. The number of aliphatic hydroxyl groups is 1. The molecule has 118 valence electrons. The fourth-order valence-corrected chi connectivity index (χ4v) is 2.07. The minimum atomic E-state index is -3.66. The number of hydrogen-bond acceptors (Lipinski definition) is 5. The molecule has 0 heterocycles. The third-order valence-corrected chi connectivity index (χ3v) is 2.73. The Labute approximate surface area is 120 Å². The van der Waals surface area contributed by atoms with Crippen LogP contribution in [0.2, 0.25) is 0 Å². The van der Waals surface area contributed by atoms with Crippen LogP contribution in [0.4, 0.5) is 11.4 Å². The molecule has 0 spiro atoms. The summed E-state index contributed by atoms with van der Waals surface area (Å²) in [4.78, 5) is 14.6. The van der Waals surface area contributed by atoms with Crippen LogP contribution >= 0.6 is 0 Å². The van der Waals surface area contributed by atoms with E-state index in [4.69, 9.17) is 16.6 Å². The predicted molar refractivity (Wildman–Crippen MR) is 76.9 cm³/mol. The summed E-state index contributed by atoms with van der Waals surface area (Å²) >= 11 is 0. The summed E-state index contributed by atoms with van der Waals surface area (Å²) in [7, 11) is -3.66. The third kappa shape index (κ3) is 5.25.